The predicted molar refractivity (Wildman–Crippen MR) is 90.0 cm³/mol. The van der Waals surface area contributed by atoms with E-state index < -0.39 is 0 Å². The Morgan fingerprint density at radius 1 is 1.24 bits per heavy atom. The summed E-state index contributed by atoms with van der Waals surface area (Å²) in [4.78, 5) is 17.3. The van der Waals surface area contributed by atoms with E-state index in [1.807, 2.05) is 19.2 Å². The van der Waals surface area contributed by atoms with Gasteiger partial charge in [0.05, 0.1) is 17.3 Å². The van der Waals surface area contributed by atoms with Crippen LogP contribution in [0.15, 0.2) is 35.7 Å². The maximum absolute atomic E-state index is 12.4. The zero-order valence-electron chi connectivity index (χ0n) is 12.8. The highest BCUT2D eigenvalue weighted by molar-refractivity contribution is 7.10. The Kier molecular flexibility index (Phi) is 4.53. The minimum atomic E-state index is -0.0183. The van der Waals surface area contributed by atoms with Crippen LogP contribution in [0, 0.1) is 0 Å². The molecule has 1 unspecified atom stereocenters. The lowest BCUT2D eigenvalue weighted by Crippen LogP contribution is -2.27. The van der Waals surface area contributed by atoms with E-state index in [9.17, 15) is 4.79 Å². The predicted octanol–water partition coefficient (Wildman–Crippen LogP) is 3.23. The molecule has 0 saturated carbocycles. The summed E-state index contributed by atoms with van der Waals surface area (Å²) in [6.45, 7) is 2.12. The van der Waals surface area contributed by atoms with Crippen LogP contribution in [-0.2, 0) is 0 Å². The lowest BCUT2D eigenvalue weighted by Gasteiger charge is -2.29. The molecule has 1 amide bonds. The first-order chi connectivity index (χ1) is 9.91. The molecule has 21 heavy (non-hydrogen) atoms. The average Bonchev–Trinajstić information content (AvgIpc) is 2.99. The quantitative estimate of drug-likeness (QED) is 0.882. The van der Waals surface area contributed by atoms with E-state index in [2.05, 4.69) is 23.3 Å². The number of hydrogen-bond donors (Lipinski definition) is 1. The fourth-order valence-electron chi connectivity index (χ4n) is 2.19. The SMILES string of the molecule is CC(c1cccs1)N(C)c1cc(N)ccc1C(=O)N(C)C. The molecule has 2 N–H and O–H groups in total. The van der Waals surface area contributed by atoms with Gasteiger partial charge < -0.3 is 15.5 Å². The summed E-state index contributed by atoms with van der Waals surface area (Å²) >= 11 is 1.71. The zero-order chi connectivity index (χ0) is 15.6. The Morgan fingerprint density at radius 2 is 1.95 bits per heavy atom. The van der Waals surface area contributed by atoms with Crippen molar-refractivity contribution >= 4 is 28.6 Å². The molecule has 0 aliphatic rings. The summed E-state index contributed by atoms with van der Waals surface area (Å²) in [5, 5.41) is 2.06. The number of hydrogen-bond acceptors (Lipinski definition) is 4. The first kappa shape index (κ1) is 15.4. The van der Waals surface area contributed by atoms with Crippen LogP contribution in [0.1, 0.15) is 28.2 Å². The minimum Gasteiger partial charge on any atom is -0.399 e. The fraction of sp³-hybridized carbons (Fsp3) is 0.312. The van der Waals surface area contributed by atoms with Crippen LogP contribution < -0.4 is 10.6 Å². The van der Waals surface area contributed by atoms with Gasteiger partial charge in [-0.3, -0.25) is 4.79 Å². The van der Waals surface area contributed by atoms with Crippen molar-refractivity contribution in [3.63, 3.8) is 0 Å². The van der Waals surface area contributed by atoms with Crippen molar-refractivity contribution in [1.29, 1.82) is 0 Å². The Bertz CT molecular complexity index is 622. The number of benzene rings is 1. The number of carbonyl (C=O) groups is 1. The van der Waals surface area contributed by atoms with E-state index >= 15 is 0 Å². The van der Waals surface area contributed by atoms with E-state index in [4.69, 9.17) is 5.73 Å². The summed E-state index contributed by atoms with van der Waals surface area (Å²) in [6, 6.07) is 9.75. The van der Waals surface area contributed by atoms with Crippen molar-refractivity contribution in [2.45, 2.75) is 13.0 Å². The van der Waals surface area contributed by atoms with Crippen molar-refractivity contribution < 1.29 is 4.79 Å². The average molecular weight is 303 g/mol. The number of thiophene rings is 1. The van der Waals surface area contributed by atoms with Crippen molar-refractivity contribution in [3.05, 3.63) is 46.2 Å². The Labute approximate surface area is 129 Å². The number of anilines is 2. The molecular weight excluding hydrogens is 282 g/mol. The van der Waals surface area contributed by atoms with E-state index in [1.54, 1.807) is 42.5 Å². The largest absolute Gasteiger partial charge is 0.399 e. The van der Waals surface area contributed by atoms with Crippen molar-refractivity contribution in [2.75, 3.05) is 31.8 Å². The molecule has 0 fully saturated rings. The number of nitrogens with two attached hydrogens (primary N) is 1. The first-order valence-corrected chi connectivity index (χ1v) is 7.67. The molecule has 0 aliphatic heterocycles. The van der Waals surface area contributed by atoms with Crippen LogP contribution in [0.3, 0.4) is 0 Å². The number of nitrogens with zero attached hydrogens (tertiary/aromatic N) is 2. The number of carbonyl (C=O) groups excluding carboxylic acids is 1. The molecule has 5 heteroatoms. The van der Waals surface area contributed by atoms with Gasteiger partial charge >= 0.3 is 0 Å². The normalized spacial score (nSPS) is 12.0. The van der Waals surface area contributed by atoms with Crippen LogP contribution in [-0.4, -0.2) is 32.0 Å². The Balaban J connectivity index is 2.42. The van der Waals surface area contributed by atoms with E-state index in [0.29, 0.717) is 11.3 Å². The van der Waals surface area contributed by atoms with Crippen LogP contribution in [0.2, 0.25) is 0 Å². The summed E-state index contributed by atoms with van der Waals surface area (Å²) in [7, 11) is 5.50. The molecular formula is C16H21N3OS. The fourth-order valence-corrected chi connectivity index (χ4v) is 3.02. The second-order valence-corrected chi connectivity index (χ2v) is 6.26. The maximum Gasteiger partial charge on any atom is 0.255 e. The molecule has 0 spiro atoms. The van der Waals surface area contributed by atoms with E-state index in [1.165, 1.54) is 4.88 Å². The minimum absolute atomic E-state index is 0.0183. The highest BCUT2D eigenvalue weighted by Gasteiger charge is 2.20. The lowest BCUT2D eigenvalue weighted by atomic mass is 10.1. The molecule has 2 aromatic rings. The Morgan fingerprint density at radius 3 is 2.52 bits per heavy atom. The molecule has 0 aliphatic carbocycles. The number of nitrogen functional groups attached to an aromatic ring is 1. The second kappa shape index (κ2) is 6.18. The monoisotopic (exact) mass is 303 g/mol. The van der Waals surface area contributed by atoms with Crippen LogP contribution in [0.25, 0.3) is 0 Å². The van der Waals surface area contributed by atoms with Gasteiger partial charge in [0.1, 0.15) is 0 Å². The van der Waals surface area contributed by atoms with E-state index in [0.717, 1.165) is 5.69 Å². The van der Waals surface area contributed by atoms with Crippen LogP contribution >= 0.6 is 11.3 Å². The van der Waals surface area contributed by atoms with Gasteiger partial charge in [-0.1, -0.05) is 6.07 Å². The third kappa shape index (κ3) is 3.19. The van der Waals surface area contributed by atoms with Crippen molar-refractivity contribution in [3.8, 4) is 0 Å². The molecule has 0 bridgehead atoms. The third-order valence-electron chi connectivity index (χ3n) is 3.57. The lowest BCUT2D eigenvalue weighted by molar-refractivity contribution is 0.0828. The standard InChI is InChI=1S/C16H21N3OS/c1-11(15-6-5-9-21-15)19(4)14-10-12(17)7-8-13(14)16(20)18(2)3/h5-11H,17H2,1-4H3. The van der Waals surface area contributed by atoms with Crippen LogP contribution in [0.5, 0.6) is 0 Å². The van der Waals surface area contributed by atoms with E-state index in [-0.39, 0.29) is 11.9 Å². The third-order valence-corrected chi connectivity index (χ3v) is 4.62. The van der Waals surface area contributed by atoms with Gasteiger partial charge in [0.25, 0.3) is 5.91 Å². The number of amides is 1. The maximum atomic E-state index is 12.4. The molecule has 1 heterocycles. The molecule has 2 rings (SSSR count). The van der Waals surface area contributed by atoms with Crippen molar-refractivity contribution in [1.82, 2.24) is 4.90 Å². The van der Waals surface area contributed by atoms with Gasteiger partial charge in [0.15, 0.2) is 0 Å². The van der Waals surface area contributed by atoms with Gasteiger partial charge in [0.2, 0.25) is 0 Å². The highest BCUT2D eigenvalue weighted by Crippen LogP contribution is 2.32. The van der Waals surface area contributed by atoms with Crippen molar-refractivity contribution in [2.24, 2.45) is 0 Å². The van der Waals surface area contributed by atoms with Crippen LogP contribution in [0.4, 0.5) is 11.4 Å². The Hall–Kier alpha value is -2.01. The summed E-state index contributed by atoms with van der Waals surface area (Å²) in [5.74, 6) is -0.0183. The molecule has 112 valence electrons. The zero-order valence-corrected chi connectivity index (χ0v) is 13.6. The summed E-state index contributed by atoms with van der Waals surface area (Å²) < 4.78 is 0. The van der Waals surface area contributed by atoms with Gasteiger partial charge in [0, 0.05) is 31.7 Å². The van der Waals surface area contributed by atoms with Gasteiger partial charge in [-0.2, -0.15) is 0 Å². The van der Waals surface area contributed by atoms with Gasteiger partial charge in [-0.05, 0) is 36.6 Å². The van der Waals surface area contributed by atoms with Gasteiger partial charge in [-0.25, -0.2) is 0 Å². The molecule has 4 nitrogen and oxygen atoms in total. The summed E-state index contributed by atoms with van der Waals surface area (Å²) in [5.41, 5.74) is 8.09. The molecule has 0 radical (unpaired) electrons. The first-order valence-electron chi connectivity index (χ1n) is 6.79. The number of rotatable bonds is 4. The molecule has 1 aromatic heterocycles. The summed E-state index contributed by atoms with van der Waals surface area (Å²) in [6.07, 6.45) is 0. The van der Waals surface area contributed by atoms with Gasteiger partial charge in [-0.15, -0.1) is 11.3 Å². The topological polar surface area (TPSA) is 49.6 Å². The molecule has 1 atom stereocenters. The smallest absolute Gasteiger partial charge is 0.255 e. The highest BCUT2D eigenvalue weighted by atomic mass is 32.1. The molecule has 0 saturated heterocycles. The molecule has 1 aromatic carbocycles. The second-order valence-electron chi connectivity index (χ2n) is 5.28.